The maximum Gasteiger partial charge on any atom is 0.407 e. The number of carbonyl (C=O) groups is 2. The summed E-state index contributed by atoms with van der Waals surface area (Å²) < 4.78 is 10.8. The molecule has 1 aliphatic heterocycles. The van der Waals surface area contributed by atoms with E-state index < -0.39 is 12.1 Å². The normalized spacial score (nSPS) is 15.1. The number of nitrogens with one attached hydrogen (secondary N) is 1. The number of anilines is 1. The Bertz CT molecular complexity index is 1250. The highest BCUT2D eigenvalue weighted by molar-refractivity contribution is 5.99. The number of amides is 1. The maximum atomic E-state index is 12.3. The second kappa shape index (κ2) is 11.3. The van der Waals surface area contributed by atoms with Crippen LogP contribution in [-0.2, 0) is 19.1 Å². The standard InChI is InChI=1S/C29H29N3O5/c1-20(21-10-12-22(13-11-21)32-14-16-35-17-15-32)31-37-28(33)18-30-29(34)36-19-27-25-8-4-2-6-23(25)24-7-3-5-9-26(24)27/h2-13,27H,14-19H2,1H3,(H,30,34)/b31-20+. The molecular formula is C29H29N3O5. The average molecular weight is 500 g/mol. The lowest BCUT2D eigenvalue weighted by molar-refractivity contribution is -0.142. The van der Waals surface area contributed by atoms with Crippen LogP contribution in [0.25, 0.3) is 11.1 Å². The minimum absolute atomic E-state index is 0.0491. The molecule has 0 saturated carbocycles. The zero-order valence-corrected chi connectivity index (χ0v) is 20.7. The van der Waals surface area contributed by atoms with E-state index in [1.165, 1.54) is 0 Å². The fourth-order valence-corrected chi connectivity index (χ4v) is 4.73. The van der Waals surface area contributed by atoms with Crippen LogP contribution in [-0.4, -0.2) is 57.2 Å². The van der Waals surface area contributed by atoms with Gasteiger partial charge >= 0.3 is 12.1 Å². The summed E-state index contributed by atoms with van der Waals surface area (Å²) in [7, 11) is 0. The molecule has 0 spiro atoms. The fraction of sp³-hybridized carbons (Fsp3) is 0.276. The van der Waals surface area contributed by atoms with Gasteiger partial charge in [0.1, 0.15) is 13.2 Å². The molecule has 0 aromatic heterocycles. The van der Waals surface area contributed by atoms with E-state index in [1.807, 2.05) is 48.5 Å². The van der Waals surface area contributed by atoms with E-state index >= 15 is 0 Å². The Hall–Kier alpha value is -4.17. The van der Waals surface area contributed by atoms with Crippen molar-refractivity contribution in [1.29, 1.82) is 0 Å². The van der Waals surface area contributed by atoms with Crippen molar-refractivity contribution in [3.8, 4) is 11.1 Å². The molecule has 0 radical (unpaired) electrons. The molecule has 190 valence electrons. The molecule has 1 N–H and O–H groups in total. The summed E-state index contributed by atoms with van der Waals surface area (Å²) in [6.07, 6.45) is -0.682. The van der Waals surface area contributed by atoms with Crippen LogP contribution >= 0.6 is 0 Å². The molecule has 1 heterocycles. The summed E-state index contributed by atoms with van der Waals surface area (Å²) in [4.78, 5) is 31.6. The lowest BCUT2D eigenvalue weighted by Gasteiger charge is -2.28. The number of hydrogen-bond acceptors (Lipinski definition) is 7. The zero-order chi connectivity index (χ0) is 25.6. The predicted molar refractivity (Wildman–Crippen MR) is 141 cm³/mol. The van der Waals surface area contributed by atoms with Gasteiger partial charge in [0.2, 0.25) is 0 Å². The number of rotatable bonds is 7. The Balaban J connectivity index is 1.09. The number of alkyl carbamates (subject to hydrolysis) is 1. The largest absolute Gasteiger partial charge is 0.449 e. The van der Waals surface area contributed by atoms with E-state index in [0.29, 0.717) is 5.71 Å². The highest BCUT2D eigenvalue weighted by Gasteiger charge is 2.29. The first kappa shape index (κ1) is 24.5. The first-order chi connectivity index (χ1) is 18.1. The second-order valence-electron chi connectivity index (χ2n) is 8.97. The monoisotopic (exact) mass is 499 g/mol. The van der Waals surface area contributed by atoms with Gasteiger partial charge in [-0.15, -0.1) is 0 Å². The van der Waals surface area contributed by atoms with Gasteiger partial charge in [-0.3, -0.25) is 0 Å². The molecule has 37 heavy (non-hydrogen) atoms. The SMILES string of the molecule is C/C(=N\OC(=O)CNC(=O)OCC1c2ccccc2-c2ccccc21)c1ccc(N2CCOCC2)cc1. The summed E-state index contributed by atoms with van der Waals surface area (Å²) in [5.41, 5.74) is 7.07. The molecule has 0 bridgehead atoms. The maximum absolute atomic E-state index is 12.3. The van der Waals surface area contributed by atoms with E-state index in [4.69, 9.17) is 14.3 Å². The van der Waals surface area contributed by atoms with Crippen LogP contribution in [0, 0.1) is 0 Å². The van der Waals surface area contributed by atoms with Crippen LogP contribution in [0.15, 0.2) is 78.0 Å². The molecule has 3 aromatic carbocycles. The van der Waals surface area contributed by atoms with Crippen molar-refractivity contribution in [3.63, 3.8) is 0 Å². The minimum atomic E-state index is -0.683. The van der Waals surface area contributed by atoms with Crippen molar-refractivity contribution in [3.05, 3.63) is 89.5 Å². The molecule has 8 heteroatoms. The summed E-state index contributed by atoms with van der Waals surface area (Å²) in [5, 5.41) is 6.36. The fourth-order valence-electron chi connectivity index (χ4n) is 4.73. The third-order valence-electron chi connectivity index (χ3n) is 6.67. The smallest absolute Gasteiger partial charge is 0.407 e. The molecule has 5 rings (SSSR count). The van der Waals surface area contributed by atoms with E-state index in [9.17, 15) is 9.59 Å². The van der Waals surface area contributed by atoms with Crippen LogP contribution in [0.5, 0.6) is 0 Å². The number of morpholine rings is 1. The van der Waals surface area contributed by atoms with Crippen LogP contribution in [0.2, 0.25) is 0 Å². The minimum Gasteiger partial charge on any atom is -0.449 e. The summed E-state index contributed by atoms with van der Waals surface area (Å²) in [5.74, 6) is -0.732. The molecule has 1 amide bonds. The molecule has 0 atom stereocenters. The Labute approximate surface area is 215 Å². The number of nitrogens with zero attached hydrogens (tertiary/aromatic N) is 2. The van der Waals surface area contributed by atoms with Gasteiger partial charge in [0, 0.05) is 24.7 Å². The quantitative estimate of drug-likeness (QED) is 0.296. The van der Waals surface area contributed by atoms with Crippen molar-refractivity contribution in [2.24, 2.45) is 5.16 Å². The lowest BCUT2D eigenvalue weighted by Crippen LogP contribution is -2.36. The van der Waals surface area contributed by atoms with Crippen molar-refractivity contribution in [2.45, 2.75) is 12.8 Å². The van der Waals surface area contributed by atoms with Crippen molar-refractivity contribution >= 4 is 23.5 Å². The number of carbonyl (C=O) groups excluding carboxylic acids is 2. The molecule has 3 aromatic rings. The van der Waals surface area contributed by atoms with Crippen LogP contribution in [0.1, 0.15) is 29.5 Å². The van der Waals surface area contributed by atoms with Crippen molar-refractivity contribution in [2.75, 3.05) is 44.4 Å². The second-order valence-corrected chi connectivity index (χ2v) is 8.97. The lowest BCUT2D eigenvalue weighted by atomic mass is 9.98. The topological polar surface area (TPSA) is 89.5 Å². The van der Waals surface area contributed by atoms with Gasteiger partial charge in [-0.2, -0.15) is 0 Å². The first-order valence-corrected chi connectivity index (χ1v) is 12.4. The number of oxime groups is 1. The molecule has 8 nitrogen and oxygen atoms in total. The van der Waals surface area contributed by atoms with Crippen molar-refractivity contribution in [1.82, 2.24) is 5.32 Å². The number of fused-ring (bicyclic) bond motifs is 3. The summed E-state index contributed by atoms with van der Waals surface area (Å²) in [6.45, 7) is 4.76. The molecule has 1 fully saturated rings. The van der Waals surface area contributed by atoms with Gasteiger partial charge in [0.15, 0.2) is 0 Å². The van der Waals surface area contributed by atoms with Gasteiger partial charge < -0.3 is 24.5 Å². The van der Waals surface area contributed by atoms with Crippen molar-refractivity contribution < 1.29 is 23.9 Å². The zero-order valence-electron chi connectivity index (χ0n) is 20.7. The van der Waals surface area contributed by atoms with Gasteiger partial charge in [-0.05, 0) is 46.9 Å². The van der Waals surface area contributed by atoms with Gasteiger partial charge in [0.25, 0.3) is 0 Å². The van der Waals surface area contributed by atoms with E-state index in [1.54, 1.807) is 6.92 Å². The number of benzene rings is 3. The predicted octanol–water partition coefficient (Wildman–Crippen LogP) is 4.33. The van der Waals surface area contributed by atoms with Gasteiger partial charge in [-0.25, -0.2) is 9.59 Å². The Morgan fingerprint density at radius 3 is 2.22 bits per heavy atom. The summed E-state index contributed by atoms with van der Waals surface area (Å²) >= 11 is 0. The Kier molecular flexibility index (Phi) is 7.46. The van der Waals surface area contributed by atoms with Crippen LogP contribution in [0.4, 0.5) is 10.5 Å². The van der Waals surface area contributed by atoms with Crippen LogP contribution < -0.4 is 10.2 Å². The van der Waals surface area contributed by atoms with E-state index in [-0.39, 0.29) is 19.1 Å². The van der Waals surface area contributed by atoms with E-state index in [2.05, 4.69) is 39.6 Å². The third kappa shape index (κ3) is 5.65. The Morgan fingerprint density at radius 2 is 1.57 bits per heavy atom. The highest BCUT2D eigenvalue weighted by Crippen LogP contribution is 2.44. The average Bonchev–Trinajstić information content (AvgIpc) is 3.28. The third-order valence-corrected chi connectivity index (χ3v) is 6.67. The molecule has 0 unspecified atom stereocenters. The highest BCUT2D eigenvalue weighted by atomic mass is 16.7. The summed E-state index contributed by atoms with van der Waals surface area (Å²) in [6, 6.07) is 24.1. The molecule has 2 aliphatic rings. The number of ether oxygens (including phenoxy) is 2. The molecule has 1 saturated heterocycles. The van der Waals surface area contributed by atoms with Gasteiger partial charge in [-0.1, -0.05) is 65.8 Å². The van der Waals surface area contributed by atoms with Gasteiger partial charge in [0.05, 0.1) is 18.9 Å². The first-order valence-electron chi connectivity index (χ1n) is 12.4. The van der Waals surface area contributed by atoms with E-state index in [0.717, 1.165) is 59.8 Å². The molecular weight excluding hydrogens is 470 g/mol. The van der Waals surface area contributed by atoms with Crippen LogP contribution in [0.3, 0.4) is 0 Å². The molecule has 1 aliphatic carbocycles. The Morgan fingerprint density at radius 1 is 0.946 bits per heavy atom. The number of hydrogen-bond donors (Lipinski definition) is 1.